The van der Waals surface area contributed by atoms with Crippen LogP contribution in [0.25, 0.3) is 0 Å². The number of para-hydroxylation sites is 2. The number of hydrogen-bond donors (Lipinski definition) is 0. The maximum absolute atomic E-state index is 6.73. The number of rotatable bonds is 0. The van der Waals surface area contributed by atoms with Gasteiger partial charge in [-0.2, -0.15) is 10.0 Å². The molecule has 4 nitrogen and oxygen atoms in total. The van der Waals surface area contributed by atoms with Gasteiger partial charge in [-0.1, -0.05) is 24.3 Å². The highest BCUT2D eigenvalue weighted by atomic mass is 35.6. The Balaban J connectivity index is 2.01. The fourth-order valence-corrected chi connectivity index (χ4v) is 5.68. The van der Waals surface area contributed by atoms with Crippen LogP contribution in [0.15, 0.2) is 58.5 Å². The fraction of sp³-hybridized carbons (Fsp3) is 0.231. The zero-order valence-electron chi connectivity index (χ0n) is 19.3. The Morgan fingerprint density at radius 2 is 1.06 bits per heavy atom. The van der Waals surface area contributed by atoms with Crippen LogP contribution in [0.1, 0.15) is 47.2 Å². The van der Waals surface area contributed by atoms with Gasteiger partial charge in [-0.3, -0.25) is 9.98 Å². The molecular formula is C26H26AlClN2O2. The third-order valence-electron chi connectivity index (χ3n) is 5.50. The minimum atomic E-state index is -2.60. The first-order valence-corrected chi connectivity index (χ1v) is 13.3. The van der Waals surface area contributed by atoms with Gasteiger partial charge in [0.15, 0.2) is 0 Å². The lowest BCUT2D eigenvalue weighted by Gasteiger charge is -2.20. The second-order valence-corrected chi connectivity index (χ2v) is 10.4. The zero-order chi connectivity index (χ0) is 23.0. The van der Waals surface area contributed by atoms with Gasteiger partial charge in [0.2, 0.25) is 0 Å². The van der Waals surface area contributed by atoms with E-state index in [2.05, 4.69) is 38.1 Å². The fourth-order valence-electron chi connectivity index (χ4n) is 4.10. The summed E-state index contributed by atoms with van der Waals surface area (Å²) in [5.74, 6) is 1.45. The van der Waals surface area contributed by atoms with E-state index in [9.17, 15) is 0 Å². The second-order valence-electron chi connectivity index (χ2n) is 8.31. The summed E-state index contributed by atoms with van der Waals surface area (Å²) in [6.45, 7) is 12.2. The van der Waals surface area contributed by atoms with E-state index in [1.807, 2.05) is 52.0 Å². The Bertz CT molecular complexity index is 1170. The number of nitrogens with zero attached hydrogens (tertiary/aromatic N) is 2. The molecule has 3 aromatic rings. The summed E-state index contributed by atoms with van der Waals surface area (Å²) in [7, 11) is 6.73. The van der Waals surface area contributed by atoms with Crippen LogP contribution in [0.2, 0.25) is 0 Å². The van der Waals surface area contributed by atoms with E-state index < -0.39 is 13.9 Å². The van der Waals surface area contributed by atoms with Gasteiger partial charge in [-0.05, 0) is 88.1 Å². The summed E-state index contributed by atoms with van der Waals surface area (Å²) in [5, 5.41) is 0. The first kappa shape index (κ1) is 22.6. The molecule has 0 atom stereocenters. The Morgan fingerprint density at radius 1 is 0.656 bits per heavy atom. The first-order valence-electron chi connectivity index (χ1n) is 10.6. The number of hydrogen-bond acceptors (Lipinski definition) is 4. The first-order chi connectivity index (χ1) is 15.2. The quantitative estimate of drug-likeness (QED) is 0.333. The van der Waals surface area contributed by atoms with Gasteiger partial charge in [0.1, 0.15) is 0 Å². The van der Waals surface area contributed by atoms with Crippen molar-refractivity contribution in [2.45, 2.75) is 41.5 Å². The van der Waals surface area contributed by atoms with Crippen LogP contribution in [0.4, 0.5) is 11.4 Å². The van der Waals surface area contributed by atoms with Gasteiger partial charge in [0, 0.05) is 22.6 Å². The molecule has 0 bridgehead atoms. The number of fused-ring (bicyclic) bond motifs is 3. The Kier molecular flexibility index (Phi) is 6.44. The van der Waals surface area contributed by atoms with Crippen LogP contribution >= 0.6 is 10.0 Å². The SMILES string of the molecule is CC1=Nc2ccccc2N=C(C)c2cc(C)cc(C)c2[O][Al]([Cl])[O]c2c(C)cc(C)cc21. The average molecular weight is 461 g/mol. The van der Waals surface area contributed by atoms with E-state index in [0.29, 0.717) is 0 Å². The predicted molar refractivity (Wildman–Crippen MR) is 135 cm³/mol. The minimum Gasteiger partial charge on any atom is -0.599 e. The number of aryl methyl sites for hydroxylation is 4. The third-order valence-corrected chi connectivity index (χ3v) is 6.87. The lowest BCUT2D eigenvalue weighted by molar-refractivity contribution is 0.443. The molecule has 0 spiro atoms. The molecule has 32 heavy (non-hydrogen) atoms. The predicted octanol–water partition coefficient (Wildman–Crippen LogP) is 7.20. The average Bonchev–Trinajstić information content (AvgIpc) is 2.72. The molecule has 162 valence electrons. The Labute approximate surface area is 198 Å². The molecule has 0 aromatic heterocycles. The van der Waals surface area contributed by atoms with Crippen molar-refractivity contribution >= 4 is 46.7 Å². The third kappa shape index (κ3) is 4.61. The maximum Gasteiger partial charge on any atom is 0.999 e. The highest BCUT2D eigenvalue weighted by molar-refractivity contribution is 7.00. The van der Waals surface area contributed by atoms with E-state index in [-0.39, 0.29) is 0 Å². The lowest BCUT2D eigenvalue weighted by Crippen LogP contribution is -2.26. The van der Waals surface area contributed by atoms with Crippen molar-refractivity contribution in [3.63, 3.8) is 0 Å². The van der Waals surface area contributed by atoms with Crippen LogP contribution in [0.5, 0.6) is 11.5 Å². The number of aliphatic imine (C=N–C) groups is 2. The van der Waals surface area contributed by atoms with Crippen molar-refractivity contribution in [1.29, 1.82) is 0 Å². The molecule has 6 heteroatoms. The van der Waals surface area contributed by atoms with Crippen LogP contribution in [0.3, 0.4) is 0 Å². The van der Waals surface area contributed by atoms with Crippen molar-refractivity contribution in [2.75, 3.05) is 0 Å². The van der Waals surface area contributed by atoms with E-state index in [1.165, 1.54) is 0 Å². The van der Waals surface area contributed by atoms with Gasteiger partial charge < -0.3 is 7.58 Å². The van der Waals surface area contributed by atoms with Crippen molar-refractivity contribution in [3.8, 4) is 11.5 Å². The Morgan fingerprint density at radius 3 is 1.47 bits per heavy atom. The summed E-state index contributed by atoms with van der Waals surface area (Å²) >= 11 is -2.60. The summed E-state index contributed by atoms with van der Waals surface area (Å²) in [6, 6.07) is 16.3. The largest absolute Gasteiger partial charge is 0.999 e. The summed E-state index contributed by atoms with van der Waals surface area (Å²) in [5.41, 5.74) is 9.41. The molecule has 1 aliphatic rings. The number of halogens is 1. The molecule has 1 heterocycles. The molecule has 0 unspecified atom stereocenters. The van der Waals surface area contributed by atoms with Gasteiger partial charge >= 0.3 is 13.9 Å². The molecule has 3 aromatic carbocycles. The normalized spacial score (nSPS) is 13.7. The molecule has 0 radical (unpaired) electrons. The topological polar surface area (TPSA) is 43.2 Å². The smallest absolute Gasteiger partial charge is 0.599 e. The lowest BCUT2D eigenvalue weighted by atomic mass is 10.0. The van der Waals surface area contributed by atoms with Crippen LogP contribution in [-0.2, 0) is 0 Å². The van der Waals surface area contributed by atoms with Crippen molar-refractivity contribution in [1.82, 2.24) is 0 Å². The van der Waals surface area contributed by atoms with Gasteiger partial charge in [-0.15, -0.1) is 0 Å². The summed E-state index contributed by atoms with van der Waals surface area (Å²) in [6.07, 6.45) is 0. The summed E-state index contributed by atoms with van der Waals surface area (Å²) in [4.78, 5) is 9.88. The van der Waals surface area contributed by atoms with Gasteiger partial charge in [0.25, 0.3) is 0 Å². The molecule has 4 rings (SSSR count). The monoisotopic (exact) mass is 460 g/mol. The molecule has 0 N–H and O–H groups in total. The second kappa shape index (κ2) is 9.12. The molecule has 0 saturated heterocycles. The van der Waals surface area contributed by atoms with E-state index in [0.717, 1.165) is 67.7 Å². The van der Waals surface area contributed by atoms with Crippen LogP contribution in [0, 0.1) is 27.7 Å². The number of benzene rings is 3. The highest BCUT2D eigenvalue weighted by Gasteiger charge is 2.34. The van der Waals surface area contributed by atoms with Gasteiger partial charge in [-0.25, -0.2) is 0 Å². The zero-order valence-corrected chi connectivity index (χ0v) is 21.2. The highest BCUT2D eigenvalue weighted by Crippen LogP contribution is 2.35. The van der Waals surface area contributed by atoms with E-state index in [4.69, 9.17) is 27.6 Å². The molecule has 0 aliphatic carbocycles. The van der Waals surface area contributed by atoms with Gasteiger partial charge in [0.05, 0.1) is 22.9 Å². The summed E-state index contributed by atoms with van der Waals surface area (Å²) < 4.78 is 12.6. The van der Waals surface area contributed by atoms with E-state index >= 15 is 0 Å². The van der Waals surface area contributed by atoms with Crippen molar-refractivity contribution < 1.29 is 7.58 Å². The maximum atomic E-state index is 6.73. The molecule has 0 fully saturated rings. The molecule has 0 saturated carbocycles. The molecule has 0 amide bonds. The molecule has 1 aliphatic heterocycles. The molecular weight excluding hydrogens is 435 g/mol. The van der Waals surface area contributed by atoms with E-state index in [1.54, 1.807) is 0 Å². The van der Waals surface area contributed by atoms with Crippen molar-refractivity contribution in [3.05, 3.63) is 81.9 Å². The van der Waals surface area contributed by atoms with Crippen LogP contribution in [-0.4, -0.2) is 25.3 Å². The van der Waals surface area contributed by atoms with Crippen LogP contribution < -0.4 is 7.58 Å². The Hall–Kier alpha value is -2.58. The standard InChI is InChI=1S/C26H28N2O2.Al.ClH/c1-15-11-17(3)25(29)21(13-15)19(5)27-23-9-7-8-10-24(23)28-20(6)22-14-16(2)12-18(4)26(22)30;;/h7-14,29-30H,1-6H3;;1H/q;+3;/p-3. The van der Waals surface area contributed by atoms with Crippen molar-refractivity contribution in [2.24, 2.45) is 9.98 Å². The minimum absolute atomic E-state index is 0.726.